The molecule has 120 valence electrons. The van der Waals surface area contributed by atoms with Gasteiger partial charge in [-0.1, -0.05) is 0 Å². The standard InChI is InChI=1S/C13H18N4O3S2/c1-9-13(21-10(2)15-9)22(18,19)16-12-5-6-14-17(12)11-4-3-7-20-8-11/h5-6,11,16H,3-4,7-8H2,1-2H3. The molecule has 1 aliphatic rings. The van der Waals surface area contributed by atoms with Crippen LogP contribution in [0.15, 0.2) is 16.5 Å². The second-order valence-corrected chi connectivity index (χ2v) is 8.32. The summed E-state index contributed by atoms with van der Waals surface area (Å²) < 4.78 is 35.1. The number of nitrogens with one attached hydrogen (secondary N) is 1. The van der Waals surface area contributed by atoms with Gasteiger partial charge >= 0.3 is 0 Å². The SMILES string of the molecule is Cc1nc(C)c(S(=O)(=O)Nc2ccnn2C2CCCOC2)s1. The van der Waals surface area contributed by atoms with Gasteiger partial charge in [0.15, 0.2) is 4.21 Å². The summed E-state index contributed by atoms with van der Waals surface area (Å²) in [7, 11) is -3.65. The van der Waals surface area contributed by atoms with E-state index in [1.54, 1.807) is 30.8 Å². The Morgan fingerprint density at radius 2 is 2.27 bits per heavy atom. The molecule has 3 heterocycles. The first kappa shape index (κ1) is 15.4. The summed E-state index contributed by atoms with van der Waals surface area (Å²) in [4.78, 5) is 4.18. The first-order valence-corrected chi connectivity index (χ1v) is 9.35. The first-order chi connectivity index (χ1) is 10.5. The third kappa shape index (κ3) is 3.01. The summed E-state index contributed by atoms with van der Waals surface area (Å²) in [6.45, 7) is 4.79. The topological polar surface area (TPSA) is 86.1 Å². The minimum absolute atomic E-state index is 0.0609. The molecule has 1 saturated heterocycles. The predicted molar refractivity (Wildman–Crippen MR) is 83.7 cm³/mol. The van der Waals surface area contributed by atoms with Crippen molar-refractivity contribution < 1.29 is 13.2 Å². The normalized spacial score (nSPS) is 19.3. The number of rotatable bonds is 4. The Hall–Kier alpha value is -1.45. The smallest absolute Gasteiger partial charge is 0.274 e. The molecule has 1 unspecified atom stereocenters. The van der Waals surface area contributed by atoms with Crippen molar-refractivity contribution in [2.24, 2.45) is 0 Å². The van der Waals surface area contributed by atoms with Crippen LogP contribution in [-0.4, -0.2) is 36.4 Å². The molecule has 1 fully saturated rings. The van der Waals surface area contributed by atoms with Gasteiger partial charge < -0.3 is 4.74 Å². The van der Waals surface area contributed by atoms with Gasteiger partial charge in [-0.15, -0.1) is 11.3 Å². The van der Waals surface area contributed by atoms with Crippen LogP contribution >= 0.6 is 11.3 Å². The number of aromatic nitrogens is 3. The number of hydrogen-bond acceptors (Lipinski definition) is 6. The van der Waals surface area contributed by atoms with E-state index in [4.69, 9.17) is 4.74 Å². The molecule has 2 aromatic rings. The van der Waals surface area contributed by atoms with Gasteiger partial charge in [-0.25, -0.2) is 18.1 Å². The van der Waals surface area contributed by atoms with E-state index in [0.717, 1.165) is 24.5 Å². The number of thiazole rings is 1. The van der Waals surface area contributed by atoms with Crippen LogP contribution in [-0.2, 0) is 14.8 Å². The molecule has 0 spiro atoms. The molecule has 1 atom stereocenters. The number of aryl methyl sites for hydroxylation is 2. The van der Waals surface area contributed by atoms with Crippen LogP contribution in [0.25, 0.3) is 0 Å². The summed E-state index contributed by atoms with van der Waals surface area (Å²) in [6.07, 6.45) is 3.47. The van der Waals surface area contributed by atoms with Crippen molar-refractivity contribution in [3.8, 4) is 0 Å². The summed E-state index contributed by atoms with van der Waals surface area (Å²) in [5.41, 5.74) is 0.516. The van der Waals surface area contributed by atoms with Gasteiger partial charge in [0.05, 0.1) is 29.5 Å². The summed E-state index contributed by atoms with van der Waals surface area (Å²) >= 11 is 1.17. The molecule has 0 aromatic carbocycles. The van der Waals surface area contributed by atoms with Gasteiger partial charge in [0.1, 0.15) is 5.82 Å². The lowest BCUT2D eigenvalue weighted by molar-refractivity contribution is 0.0557. The summed E-state index contributed by atoms with van der Waals surface area (Å²) in [5, 5.41) is 4.97. The van der Waals surface area contributed by atoms with Gasteiger partial charge in [-0.3, -0.25) is 4.72 Å². The molecule has 0 amide bonds. The lowest BCUT2D eigenvalue weighted by Crippen LogP contribution is -2.25. The zero-order chi connectivity index (χ0) is 15.7. The van der Waals surface area contributed by atoms with Crippen LogP contribution in [0.1, 0.15) is 29.6 Å². The molecule has 1 aliphatic heterocycles. The van der Waals surface area contributed by atoms with Crippen molar-refractivity contribution in [3.05, 3.63) is 23.0 Å². The maximum absolute atomic E-state index is 12.6. The molecule has 0 aliphatic carbocycles. The third-order valence-corrected chi connectivity index (χ3v) is 6.53. The molecule has 0 saturated carbocycles. The molecular weight excluding hydrogens is 324 g/mol. The average Bonchev–Trinajstić information content (AvgIpc) is 3.06. The zero-order valence-electron chi connectivity index (χ0n) is 12.4. The molecule has 1 N–H and O–H groups in total. The van der Waals surface area contributed by atoms with Crippen LogP contribution in [0.3, 0.4) is 0 Å². The minimum atomic E-state index is -3.65. The van der Waals surface area contributed by atoms with Crippen molar-refractivity contribution in [1.29, 1.82) is 0 Å². The number of nitrogens with zero attached hydrogens (tertiary/aromatic N) is 3. The van der Waals surface area contributed by atoms with E-state index in [9.17, 15) is 8.42 Å². The molecule has 0 radical (unpaired) electrons. The Morgan fingerprint density at radius 1 is 1.45 bits per heavy atom. The van der Waals surface area contributed by atoms with Crippen molar-refractivity contribution in [2.45, 2.75) is 36.9 Å². The number of sulfonamides is 1. The lowest BCUT2D eigenvalue weighted by Gasteiger charge is -2.24. The van der Waals surface area contributed by atoms with Gasteiger partial charge in [0.25, 0.3) is 10.0 Å². The highest BCUT2D eigenvalue weighted by atomic mass is 32.2. The lowest BCUT2D eigenvalue weighted by atomic mass is 10.1. The van der Waals surface area contributed by atoms with E-state index in [-0.39, 0.29) is 10.3 Å². The Kier molecular flexibility index (Phi) is 4.20. The predicted octanol–water partition coefficient (Wildman–Crippen LogP) is 2.11. The van der Waals surface area contributed by atoms with Crippen molar-refractivity contribution in [3.63, 3.8) is 0 Å². The zero-order valence-corrected chi connectivity index (χ0v) is 14.1. The second kappa shape index (κ2) is 5.98. The maximum atomic E-state index is 12.6. The highest BCUT2D eigenvalue weighted by Gasteiger charge is 2.25. The van der Waals surface area contributed by atoms with E-state index >= 15 is 0 Å². The van der Waals surface area contributed by atoms with Crippen LogP contribution in [0.5, 0.6) is 0 Å². The third-order valence-electron chi connectivity index (χ3n) is 3.50. The van der Waals surface area contributed by atoms with E-state index in [2.05, 4.69) is 14.8 Å². The molecule has 9 heteroatoms. The minimum Gasteiger partial charge on any atom is -0.379 e. The Labute approximate surface area is 133 Å². The van der Waals surface area contributed by atoms with Crippen molar-refractivity contribution in [1.82, 2.24) is 14.8 Å². The number of ether oxygens (including phenoxy) is 1. The highest BCUT2D eigenvalue weighted by Crippen LogP contribution is 2.27. The van der Waals surface area contributed by atoms with E-state index in [1.807, 2.05) is 0 Å². The van der Waals surface area contributed by atoms with Crippen LogP contribution in [0, 0.1) is 13.8 Å². The summed E-state index contributed by atoms with van der Waals surface area (Å²) in [5.74, 6) is 0.459. The van der Waals surface area contributed by atoms with Crippen molar-refractivity contribution >= 4 is 27.2 Å². The van der Waals surface area contributed by atoms with Crippen molar-refractivity contribution in [2.75, 3.05) is 17.9 Å². The van der Waals surface area contributed by atoms with Gasteiger partial charge in [-0.2, -0.15) is 5.10 Å². The van der Waals surface area contributed by atoms with Gasteiger partial charge in [0.2, 0.25) is 0 Å². The molecule has 0 bridgehead atoms. The maximum Gasteiger partial charge on any atom is 0.274 e. The fourth-order valence-electron chi connectivity index (χ4n) is 2.55. The Morgan fingerprint density at radius 3 is 2.91 bits per heavy atom. The van der Waals surface area contributed by atoms with E-state index < -0.39 is 10.0 Å². The quantitative estimate of drug-likeness (QED) is 0.919. The van der Waals surface area contributed by atoms with Crippen LogP contribution in [0.4, 0.5) is 5.82 Å². The van der Waals surface area contributed by atoms with E-state index in [0.29, 0.717) is 18.1 Å². The highest BCUT2D eigenvalue weighted by molar-refractivity contribution is 7.94. The van der Waals surface area contributed by atoms with E-state index in [1.165, 1.54) is 11.3 Å². The molecule has 3 rings (SSSR count). The van der Waals surface area contributed by atoms with Gasteiger partial charge in [-0.05, 0) is 26.7 Å². The van der Waals surface area contributed by atoms with Crippen LogP contribution < -0.4 is 4.72 Å². The summed E-state index contributed by atoms with van der Waals surface area (Å²) in [6, 6.07) is 1.72. The monoisotopic (exact) mass is 342 g/mol. The first-order valence-electron chi connectivity index (χ1n) is 7.05. The fourth-order valence-corrected chi connectivity index (χ4v) is 5.08. The Balaban J connectivity index is 1.87. The molecule has 2 aromatic heterocycles. The van der Waals surface area contributed by atoms with Crippen LogP contribution in [0.2, 0.25) is 0 Å². The number of anilines is 1. The molecule has 22 heavy (non-hydrogen) atoms. The second-order valence-electron chi connectivity index (χ2n) is 5.24. The fraction of sp³-hybridized carbons (Fsp3) is 0.538. The molecule has 7 nitrogen and oxygen atoms in total. The largest absolute Gasteiger partial charge is 0.379 e. The number of hydrogen-bond donors (Lipinski definition) is 1. The average molecular weight is 342 g/mol. The molecular formula is C13H18N4O3S2. The Bertz CT molecular complexity index is 760. The van der Waals surface area contributed by atoms with Gasteiger partial charge in [0, 0.05) is 12.7 Å².